The molecule has 1 saturated heterocycles. The molecule has 1 aromatic carbocycles. The van der Waals surface area contributed by atoms with Gasteiger partial charge in [-0.1, -0.05) is 15.9 Å². The molecule has 1 aromatic rings. The maximum Gasteiger partial charge on any atom is 0.318 e. The summed E-state index contributed by atoms with van der Waals surface area (Å²) in [6, 6.07) is 5.85. The molecule has 1 unspecified atom stereocenters. The van der Waals surface area contributed by atoms with Crippen molar-refractivity contribution in [2.75, 3.05) is 26.3 Å². The minimum Gasteiger partial charge on any atom is -0.426 e. The van der Waals surface area contributed by atoms with E-state index in [2.05, 4.69) is 26.9 Å². The molecule has 3 rings (SSSR count). The molecule has 108 valence electrons. The summed E-state index contributed by atoms with van der Waals surface area (Å²) >= 11 is 3.51. The minimum absolute atomic E-state index is 0.0279. The Balaban J connectivity index is 2.07. The first-order valence-electron chi connectivity index (χ1n) is 6.83. The van der Waals surface area contributed by atoms with Crippen molar-refractivity contribution in [3.05, 3.63) is 28.2 Å². The van der Waals surface area contributed by atoms with Crippen LogP contribution in [0.2, 0.25) is 0 Å². The van der Waals surface area contributed by atoms with E-state index in [4.69, 9.17) is 9.47 Å². The van der Waals surface area contributed by atoms with E-state index in [0.29, 0.717) is 19.0 Å². The Morgan fingerprint density at radius 1 is 1.30 bits per heavy atom. The van der Waals surface area contributed by atoms with Gasteiger partial charge in [0.2, 0.25) is 0 Å². The highest BCUT2D eigenvalue weighted by atomic mass is 79.9. The molecule has 0 radical (unpaired) electrons. The number of carbonyl (C=O) groups excluding carboxylic acids is 1. The van der Waals surface area contributed by atoms with E-state index in [1.807, 2.05) is 26.0 Å². The quantitative estimate of drug-likeness (QED) is 0.582. The number of rotatable bonds is 1. The molecule has 2 aliphatic rings. The lowest BCUT2D eigenvalue weighted by atomic mass is 9.77. The molecule has 2 aliphatic heterocycles. The van der Waals surface area contributed by atoms with Gasteiger partial charge < -0.3 is 9.47 Å². The first-order chi connectivity index (χ1) is 9.50. The van der Waals surface area contributed by atoms with Gasteiger partial charge in [0, 0.05) is 23.1 Å². The molecule has 2 heterocycles. The van der Waals surface area contributed by atoms with Gasteiger partial charge >= 0.3 is 5.97 Å². The number of hydrogen-bond donors (Lipinski definition) is 0. The van der Waals surface area contributed by atoms with Crippen LogP contribution < -0.4 is 4.74 Å². The molecule has 0 aromatic heterocycles. The van der Waals surface area contributed by atoms with Gasteiger partial charge in [-0.3, -0.25) is 9.69 Å². The predicted octanol–water partition coefficient (Wildman–Crippen LogP) is 2.77. The lowest BCUT2D eigenvalue weighted by Crippen LogP contribution is -2.50. The number of morpholine rings is 1. The zero-order valence-corrected chi connectivity index (χ0v) is 13.3. The van der Waals surface area contributed by atoms with Crippen LogP contribution in [0.4, 0.5) is 0 Å². The van der Waals surface area contributed by atoms with Gasteiger partial charge in [-0.15, -0.1) is 0 Å². The summed E-state index contributed by atoms with van der Waals surface area (Å²) in [4.78, 5) is 14.7. The summed E-state index contributed by atoms with van der Waals surface area (Å²) in [5.74, 6) is 0.512. The average Bonchev–Trinajstić information content (AvgIpc) is 2.41. The lowest BCUT2D eigenvalue weighted by molar-refractivity contribution is -0.152. The number of esters is 1. The Labute approximate surface area is 127 Å². The summed E-state index contributed by atoms with van der Waals surface area (Å²) in [5, 5.41) is 0. The van der Waals surface area contributed by atoms with Crippen LogP contribution in [-0.2, 0) is 9.53 Å². The van der Waals surface area contributed by atoms with Gasteiger partial charge in [0.05, 0.1) is 24.7 Å². The van der Waals surface area contributed by atoms with Crippen LogP contribution in [0.15, 0.2) is 22.7 Å². The number of carbonyl (C=O) groups is 1. The van der Waals surface area contributed by atoms with E-state index in [0.717, 1.165) is 23.1 Å². The van der Waals surface area contributed by atoms with Crippen molar-refractivity contribution in [3.63, 3.8) is 0 Å². The van der Waals surface area contributed by atoms with Crippen LogP contribution in [0.5, 0.6) is 5.75 Å². The van der Waals surface area contributed by atoms with Crippen molar-refractivity contribution in [3.8, 4) is 5.75 Å². The van der Waals surface area contributed by atoms with Crippen LogP contribution in [0.1, 0.15) is 25.5 Å². The predicted molar refractivity (Wildman–Crippen MR) is 78.7 cm³/mol. The summed E-state index contributed by atoms with van der Waals surface area (Å²) < 4.78 is 11.9. The molecule has 0 N–H and O–H groups in total. The third-order valence-electron chi connectivity index (χ3n) is 4.09. The van der Waals surface area contributed by atoms with E-state index in [1.54, 1.807) is 0 Å². The second-order valence-electron chi connectivity index (χ2n) is 5.84. The highest BCUT2D eigenvalue weighted by molar-refractivity contribution is 9.10. The fraction of sp³-hybridized carbons (Fsp3) is 0.533. The SMILES string of the molecule is CC1(C)C(=O)Oc2ccc(Br)cc2C1N1CCOCC1. The van der Waals surface area contributed by atoms with Crippen LogP contribution in [0.25, 0.3) is 0 Å². The normalized spacial score (nSPS) is 25.9. The Morgan fingerprint density at radius 3 is 2.70 bits per heavy atom. The van der Waals surface area contributed by atoms with Gasteiger partial charge in [-0.25, -0.2) is 0 Å². The Kier molecular flexibility index (Phi) is 3.60. The van der Waals surface area contributed by atoms with Gasteiger partial charge in [-0.2, -0.15) is 0 Å². The molecule has 1 atom stereocenters. The van der Waals surface area contributed by atoms with E-state index in [-0.39, 0.29) is 12.0 Å². The first kappa shape index (κ1) is 14.0. The van der Waals surface area contributed by atoms with Crippen molar-refractivity contribution in [2.45, 2.75) is 19.9 Å². The zero-order chi connectivity index (χ0) is 14.3. The van der Waals surface area contributed by atoms with Gasteiger partial charge in [0.25, 0.3) is 0 Å². The fourth-order valence-corrected chi connectivity index (χ4v) is 3.43. The summed E-state index contributed by atoms with van der Waals surface area (Å²) in [6.07, 6.45) is 0. The maximum absolute atomic E-state index is 12.3. The third-order valence-corrected chi connectivity index (χ3v) is 4.58. The van der Waals surface area contributed by atoms with E-state index in [1.165, 1.54) is 0 Å². The monoisotopic (exact) mass is 339 g/mol. The largest absolute Gasteiger partial charge is 0.426 e. The lowest BCUT2D eigenvalue weighted by Gasteiger charge is -2.45. The molecule has 0 bridgehead atoms. The molecule has 4 nitrogen and oxygen atoms in total. The molecule has 1 fully saturated rings. The van der Waals surface area contributed by atoms with Crippen molar-refractivity contribution >= 4 is 21.9 Å². The standard InChI is InChI=1S/C15H18BrNO3/c1-15(2)13(17-5-7-19-8-6-17)11-9-10(16)3-4-12(11)20-14(15)18/h3-4,9,13H,5-8H2,1-2H3. The van der Waals surface area contributed by atoms with Gasteiger partial charge in [-0.05, 0) is 32.0 Å². The summed E-state index contributed by atoms with van der Waals surface area (Å²) in [7, 11) is 0. The summed E-state index contributed by atoms with van der Waals surface area (Å²) in [5.41, 5.74) is 0.511. The maximum atomic E-state index is 12.3. The van der Waals surface area contributed by atoms with Crippen LogP contribution in [0.3, 0.4) is 0 Å². The molecule has 0 spiro atoms. The molecular weight excluding hydrogens is 322 g/mol. The molecule has 0 amide bonds. The number of benzene rings is 1. The Bertz CT molecular complexity index is 538. The number of ether oxygens (including phenoxy) is 2. The second kappa shape index (κ2) is 5.13. The first-order valence-corrected chi connectivity index (χ1v) is 7.63. The van der Waals surface area contributed by atoms with Crippen molar-refractivity contribution in [1.29, 1.82) is 0 Å². The van der Waals surface area contributed by atoms with Crippen molar-refractivity contribution < 1.29 is 14.3 Å². The van der Waals surface area contributed by atoms with Crippen LogP contribution in [-0.4, -0.2) is 37.2 Å². The molecule has 20 heavy (non-hydrogen) atoms. The van der Waals surface area contributed by atoms with Crippen LogP contribution in [0, 0.1) is 5.41 Å². The zero-order valence-electron chi connectivity index (χ0n) is 11.7. The Morgan fingerprint density at radius 2 is 2.00 bits per heavy atom. The number of halogens is 1. The molecule has 0 aliphatic carbocycles. The minimum atomic E-state index is -0.564. The van der Waals surface area contributed by atoms with Gasteiger partial charge in [0.1, 0.15) is 5.75 Å². The highest BCUT2D eigenvalue weighted by Crippen LogP contribution is 2.47. The smallest absolute Gasteiger partial charge is 0.318 e. The molecular formula is C15H18BrNO3. The van der Waals surface area contributed by atoms with E-state index in [9.17, 15) is 4.79 Å². The van der Waals surface area contributed by atoms with Crippen molar-refractivity contribution in [1.82, 2.24) is 4.90 Å². The second-order valence-corrected chi connectivity index (χ2v) is 6.76. The molecule has 5 heteroatoms. The topological polar surface area (TPSA) is 38.8 Å². The van der Waals surface area contributed by atoms with Crippen LogP contribution >= 0.6 is 15.9 Å². The van der Waals surface area contributed by atoms with E-state index < -0.39 is 5.41 Å². The fourth-order valence-electron chi connectivity index (χ4n) is 3.05. The highest BCUT2D eigenvalue weighted by Gasteiger charge is 2.47. The molecule has 0 saturated carbocycles. The Hall–Kier alpha value is -0.910. The van der Waals surface area contributed by atoms with Gasteiger partial charge in [0.15, 0.2) is 0 Å². The number of hydrogen-bond acceptors (Lipinski definition) is 4. The van der Waals surface area contributed by atoms with E-state index >= 15 is 0 Å². The average molecular weight is 340 g/mol. The number of fused-ring (bicyclic) bond motifs is 1. The number of nitrogens with zero attached hydrogens (tertiary/aromatic N) is 1. The third kappa shape index (κ3) is 2.28. The summed E-state index contributed by atoms with van der Waals surface area (Å²) in [6.45, 7) is 7.02. The van der Waals surface area contributed by atoms with Crippen molar-refractivity contribution in [2.24, 2.45) is 5.41 Å².